The van der Waals surface area contributed by atoms with Gasteiger partial charge in [0.1, 0.15) is 0 Å². The van der Waals surface area contributed by atoms with Crippen LogP contribution in [0.1, 0.15) is 20.3 Å². The van der Waals surface area contributed by atoms with Crippen molar-refractivity contribution in [1.82, 2.24) is 4.90 Å². The molecule has 0 spiro atoms. The molecule has 0 N–H and O–H groups in total. The number of rotatable bonds is 3. The molecule has 0 saturated carbocycles. The highest BCUT2D eigenvalue weighted by molar-refractivity contribution is 5.78. The van der Waals surface area contributed by atoms with Gasteiger partial charge in [-0.1, -0.05) is 13.8 Å². The molecular weight excluding hydrogens is 166 g/mol. The zero-order valence-corrected chi connectivity index (χ0v) is 8.75. The molecule has 0 radical (unpaired) electrons. The number of nitrogens with zero attached hydrogens (tertiary/aromatic N) is 1. The van der Waals surface area contributed by atoms with Crippen molar-refractivity contribution < 1.29 is 9.53 Å². The highest BCUT2D eigenvalue weighted by atomic mass is 16.5. The molecule has 0 aromatic rings. The summed E-state index contributed by atoms with van der Waals surface area (Å²) in [6, 6.07) is 0. The van der Waals surface area contributed by atoms with E-state index in [1.807, 2.05) is 18.7 Å². The van der Waals surface area contributed by atoms with Gasteiger partial charge >= 0.3 is 0 Å². The standard InChI is InChI=1S/C10H19NO2/c1-8(2)10(12)11-5-4-9(6-11)7-13-3/h8-9H,4-7H2,1-3H3. The number of amides is 1. The van der Waals surface area contributed by atoms with Gasteiger partial charge in [0.2, 0.25) is 5.91 Å². The lowest BCUT2D eigenvalue weighted by molar-refractivity contribution is -0.133. The summed E-state index contributed by atoms with van der Waals surface area (Å²) in [6.07, 6.45) is 1.09. The van der Waals surface area contributed by atoms with Crippen molar-refractivity contribution >= 4 is 5.91 Å². The lowest BCUT2D eigenvalue weighted by Gasteiger charge is -2.18. The van der Waals surface area contributed by atoms with Crippen LogP contribution in [0.15, 0.2) is 0 Å². The summed E-state index contributed by atoms with van der Waals surface area (Å²) in [4.78, 5) is 13.5. The average molecular weight is 185 g/mol. The Labute approximate surface area is 80.1 Å². The molecule has 1 heterocycles. The fraction of sp³-hybridized carbons (Fsp3) is 0.900. The largest absolute Gasteiger partial charge is 0.384 e. The van der Waals surface area contributed by atoms with Gasteiger partial charge in [0.05, 0.1) is 6.61 Å². The molecular formula is C10H19NO2. The predicted octanol–water partition coefficient (Wildman–Crippen LogP) is 1.14. The monoisotopic (exact) mass is 185 g/mol. The molecule has 76 valence electrons. The second-order valence-electron chi connectivity index (χ2n) is 4.05. The molecule has 1 rings (SSSR count). The van der Waals surface area contributed by atoms with Gasteiger partial charge in [-0.25, -0.2) is 0 Å². The number of carbonyl (C=O) groups is 1. The predicted molar refractivity (Wildman–Crippen MR) is 51.4 cm³/mol. The van der Waals surface area contributed by atoms with E-state index in [0.29, 0.717) is 5.92 Å². The van der Waals surface area contributed by atoms with Crippen molar-refractivity contribution in [2.24, 2.45) is 11.8 Å². The van der Waals surface area contributed by atoms with Crippen molar-refractivity contribution in [3.05, 3.63) is 0 Å². The second kappa shape index (κ2) is 4.61. The lowest BCUT2D eigenvalue weighted by atomic mass is 10.1. The summed E-state index contributed by atoms with van der Waals surface area (Å²) < 4.78 is 5.08. The Morgan fingerprint density at radius 2 is 2.31 bits per heavy atom. The fourth-order valence-corrected chi connectivity index (χ4v) is 1.77. The first-order chi connectivity index (χ1) is 6.15. The smallest absolute Gasteiger partial charge is 0.225 e. The summed E-state index contributed by atoms with van der Waals surface area (Å²) in [5.41, 5.74) is 0. The van der Waals surface area contributed by atoms with Gasteiger partial charge in [0.15, 0.2) is 0 Å². The number of methoxy groups -OCH3 is 1. The summed E-state index contributed by atoms with van der Waals surface area (Å²) in [5.74, 6) is 0.951. The maximum absolute atomic E-state index is 11.6. The summed E-state index contributed by atoms with van der Waals surface area (Å²) in [5, 5.41) is 0. The molecule has 1 unspecified atom stereocenters. The normalized spacial score (nSPS) is 22.8. The van der Waals surface area contributed by atoms with Crippen LogP contribution in [-0.4, -0.2) is 37.6 Å². The topological polar surface area (TPSA) is 29.5 Å². The first-order valence-electron chi connectivity index (χ1n) is 4.93. The number of likely N-dealkylation sites (tertiary alicyclic amines) is 1. The third-order valence-electron chi connectivity index (χ3n) is 2.49. The average Bonchev–Trinajstić information content (AvgIpc) is 2.52. The molecule has 1 aliphatic heterocycles. The highest BCUT2D eigenvalue weighted by Crippen LogP contribution is 2.18. The van der Waals surface area contributed by atoms with Crippen LogP contribution < -0.4 is 0 Å². The van der Waals surface area contributed by atoms with E-state index in [4.69, 9.17) is 4.74 Å². The Balaban J connectivity index is 2.36. The third kappa shape index (κ3) is 2.69. The van der Waals surface area contributed by atoms with E-state index in [1.54, 1.807) is 7.11 Å². The van der Waals surface area contributed by atoms with Crippen molar-refractivity contribution in [2.75, 3.05) is 26.8 Å². The van der Waals surface area contributed by atoms with E-state index in [-0.39, 0.29) is 11.8 Å². The molecule has 1 aliphatic rings. The Bertz CT molecular complexity index is 180. The van der Waals surface area contributed by atoms with Gasteiger partial charge in [0, 0.05) is 32.0 Å². The molecule has 0 aliphatic carbocycles. The molecule has 1 saturated heterocycles. The van der Waals surface area contributed by atoms with E-state index in [9.17, 15) is 4.79 Å². The van der Waals surface area contributed by atoms with Crippen LogP contribution in [0.3, 0.4) is 0 Å². The van der Waals surface area contributed by atoms with Gasteiger partial charge in [-0.05, 0) is 6.42 Å². The Morgan fingerprint density at radius 3 is 2.85 bits per heavy atom. The third-order valence-corrected chi connectivity index (χ3v) is 2.49. The molecule has 1 amide bonds. The van der Waals surface area contributed by atoms with Crippen LogP contribution in [0.25, 0.3) is 0 Å². The summed E-state index contributed by atoms with van der Waals surface area (Å²) in [6.45, 7) is 6.47. The van der Waals surface area contributed by atoms with Crippen molar-refractivity contribution in [1.29, 1.82) is 0 Å². The molecule has 3 nitrogen and oxygen atoms in total. The number of hydrogen-bond donors (Lipinski definition) is 0. The lowest BCUT2D eigenvalue weighted by Crippen LogP contribution is -2.32. The molecule has 13 heavy (non-hydrogen) atoms. The zero-order chi connectivity index (χ0) is 9.84. The molecule has 0 aromatic heterocycles. The number of hydrogen-bond acceptors (Lipinski definition) is 2. The van der Waals surface area contributed by atoms with E-state index >= 15 is 0 Å². The maximum Gasteiger partial charge on any atom is 0.225 e. The minimum absolute atomic E-state index is 0.126. The first-order valence-corrected chi connectivity index (χ1v) is 4.93. The van der Waals surface area contributed by atoms with Crippen molar-refractivity contribution in [3.63, 3.8) is 0 Å². The molecule has 3 heteroatoms. The summed E-state index contributed by atoms with van der Waals surface area (Å²) >= 11 is 0. The van der Waals surface area contributed by atoms with Gasteiger partial charge in [-0.3, -0.25) is 4.79 Å². The van der Waals surface area contributed by atoms with Crippen LogP contribution in [0.4, 0.5) is 0 Å². The van der Waals surface area contributed by atoms with Gasteiger partial charge in [-0.15, -0.1) is 0 Å². The SMILES string of the molecule is COCC1CCN(C(=O)C(C)C)C1. The minimum Gasteiger partial charge on any atom is -0.384 e. The van der Waals surface area contributed by atoms with Crippen LogP contribution in [0.2, 0.25) is 0 Å². The van der Waals surface area contributed by atoms with Crippen molar-refractivity contribution in [3.8, 4) is 0 Å². The van der Waals surface area contributed by atoms with Gasteiger partial charge < -0.3 is 9.64 Å². The van der Waals surface area contributed by atoms with Crippen LogP contribution in [-0.2, 0) is 9.53 Å². The molecule has 0 bridgehead atoms. The Hall–Kier alpha value is -0.570. The number of ether oxygens (including phenoxy) is 1. The first kappa shape index (κ1) is 10.5. The van der Waals surface area contributed by atoms with E-state index in [1.165, 1.54) is 0 Å². The number of carbonyl (C=O) groups excluding carboxylic acids is 1. The van der Waals surface area contributed by atoms with Crippen LogP contribution in [0, 0.1) is 11.8 Å². The Morgan fingerprint density at radius 1 is 1.62 bits per heavy atom. The van der Waals surface area contributed by atoms with Crippen LogP contribution in [0.5, 0.6) is 0 Å². The second-order valence-corrected chi connectivity index (χ2v) is 4.05. The summed E-state index contributed by atoms with van der Waals surface area (Å²) in [7, 11) is 1.72. The molecule has 1 atom stereocenters. The van der Waals surface area contributed by atoms with Gasteiger partial charge in [-0.2, -0.15) is 0 Å². The highest BCUT2D eigenvalue weighted by Gasteiger charge is 2.26. The molecule has 0 aromatic carbocycles. The molecule has 1 fully saturated rings. The minimum atomic E-state index is 0.126. The fourth-order valence-electron chi connectivity index (χ4n) is 1.77. The maximum atomic E-state index is 11.6. The van der Waals surface area contributed by atoms with E-state index in [0.717, 1.165) is 26.1 Å². The zero-order valence-electron chi connectivity index (χ0n) is 8.75. The quantitative estimate of drug-likeness (QED) is 0.660. The van der Waals surface area contributed by atoms with E-state index in [2.05, 4.69) is 0 Å². The van der Waals surface area contributed by atoms with E-state index < -0.39 is 0 Å². The van der Waals surface area contributed by atoms with Gasteiger partial charge in [0.25, 0.3) is 0 Å². The van der Waals surface area contributed by atoms with Crippen molar-refractivity contribution in [2.45, 2.75) is 20.3 Å². The van der Waals surface area contributed by atoms with Crippen LogP contribution >= 0.6 is 0 Å². The Kier molecular flexibility index (Phi) is 3.72.